The smallest absolute Gasteiger partial charge is 0.328 e. The number of carbonyl (C=O) groups is 1. The van der Waals surface area contributed by atoms with Crippen molar-refractivity contribution in [3.63, 3.8) is 0 Å². The average Bonchev–Trinajstić information content (AvgIpc) is 3.76. The van der Waals surface area contributed by atoms with Crippen molar-refractivity contribution in [1.82, 2.24) is 25.2 Å². The summed E-state index contributed by atoms with van der Waals surface area (Å²) in [5.74, 6) is 0.614. The molecule has 13 heteroatoms. The molecule has 0 amide bonds. The molecular weight excluding hydrogens is 659 g/mol. The van der Waals surface area contributed by atoms with E-state index in [1.54, 1.807) is 13.8 Å². The van der Waals surface area contributed by atoms with Gasteiger partial charge >= 0.3 is 12.0 Å². The minimum Gasteiger partial charge on any atom is -0.461 e. The van der Waals surface area contributed by atoms with Gasteiger partial charge in [0.25, 0.3) is 0 Å². The third-order valence-electron chi connectivity index (χ3n) is 11.0. The van der Waals surface area contributed by atoms with Crippen LogP contribution in [0.5, 0.6) is 11.8 Å². The number of anilines is 1. The molecule has 0 radical (unpaired) electrons. The Balaban J connectivity index is 1.27. The first-order valence-electron chi connectivity index (χ1n) is 17.6. The van der Waals surface area contributed by atoms with Gasteiger partial charge in [0.15, 0.2) is 5.82 Å². The molecule has 3 N–H and O–H groups in total. The predicted molar refractivity (Wildman–Crippen MR) is 187 cm³/mol. The maximum atomic E-state index is 17.2. The molecular formula is C38H40F3N7O3. The lowest BCUT2D eigenvalue weighted by atomic mass is 9.95. The van der Waals surface area contributed by atoms with Crippen LogP contribution in [0.3, 0.4) is 0 Å². The van der Waals surface area contributed by atoms with Crippen LogP contribution in [-0.2, 0) is 4.79 Å². The van der Waals surface area contributed by atoms with Crippen molar-refractivity contribution in [1.29, 1.82) is 0 Å². The van der Waals surface area contributed by atoms with Gasteiger partial charge in [-0.1, -0.05) is 25.8 Å². The third-order valence-corrected chi connectivity index (χ3v) is 11.0. The summed E-state index contributed by atoms with van der Waals surface area (Å²) < 4.78 is 58.8. The second-order valence-electron chi connectivity index (χ2n) is 14.7. The number of carbonyl (C=O) groups excluding carboxylic acids is 1. The van der Waals surface area contributed by atoms with Crippen molar-refractivity contribution in [3.05, 3.63) is 47.7 Å². The quantitative estimate of drug-likeness (QED) is 0.150. The third kappa shape index (κ3) is 5.93. The maximum Gasteiger partial charge on any atom is 0.328 e. The van der Waals surface area contributed by atoms with Gasteiger partial charge in [0.05, 0.1) is 16.5 Å². The van der Waals surface area contributed by atoms with Crippen LogP contribution in [-0.4, -0.2) is 88.4 Å². The van der Waals surface area contributed by atoms with Crippen molar-refractivity contribution in [2.75, 3.05) is 37.7 Å². The summed E-state index contributed by atoms with van der Waals surface area (Å²) in [4.78, 5) is 31.1. The number of halogens is 3. The number of piperazine rings is 1. The number of pyridine rings is 1. The van der Waals surface area contributed by atoms with Gasteiger partial charge in [0.1, 0.15) is 47.4 Å². The molecule has 4 saturated heterocycles. The molecule has 4 fully saturated rings. The van der Waals surface area contributed by atoms with Gasteiger partial charge in [-0.15, -0.1) is 6.42 Å². The summed E-state index contributed by atoms with van der Waals surface area (Å²) in [6.45, 7) is 6.25. The van der Waals surface area contributed by atoms with Gasteiger partial charge in [-0.3, -0.25) is 9.88 Å². The van der Waals surface area contributed by atoms with Crippen LogP contribution in [0.1, 0.15) is 51.5 Å². The monoisotopic (exact) mass is 699 g/mol. The lowest BCUT2D eigenvalue weighted by Gasteiger charge is -2.34. The molecule has 2 aromatic heterocycles. The van der Waals surface area contributed by atoms with E-state index < -0.39 is 35.4 Å². The van der Waals surface area contributed by atoms with Gasteiger partial charge in [-0.25, -0.2) is 18.0 Å². The number of hydrogen-bond acceptors (Lipinski definition) is 10. The Bertz CT molecular complexity index is 2080. The van der Waals surface area contributed by atoms with E-state index in [9.17, 15) is 9.18 Å². The van der Waals surface area contributed by atoms with E-state index in [1.165, 1.54) is 30.5 Å². The molecule has 2 aromatic carbocycles. The zero-order valence-electron chi connectivity index (χ0n) is 28.6. The van der Waals surface area contributed by atoms with E-state index in [2.05, 4.69) is 31.0 Å². The first-order valence-corrected chi connectivity index (χ1v) is 17.6. The topological polar surface area (TPSA) is 119 Å². The van der Waals surface area contributed by atoms with Gasteiger partial charge in [0, 0.05) is 55.3 Å². The van der Waals surface area contributed by atoms with Crippen molar-refractivity contribution in [2.24, 2.45) is 11.7 Å². The number of nitrogens with two attached hydrogens (primary N) is 1. The Morgan fingerprint density at radius 1 is 1.18 bits per heavy atom. The van der Waals surface area contributed by atoms with E-state index in [1.807, 2.05) is 0 Å². The Labute approximate surface area is 293 Å². The number of aromatic nitrogens is 3. The highest BCUT2D eigenvalue weighted by Crippen LogP contribution is 2.42. The van der Waals surface area contributed by atoms with Gasteiger partial charge in [-0.05, 0) is 61.7 Å². The highest BCUT2D eigenvalue weighted by Gasteiger charge is 2.49. The molecule has 4 aliphatic heterocycles. The molecule has 4 aliphatic rings. The summed E-state index contributed by atoms with van der Waals surface area (Å²) in [5, 5.41) is 4.63. The second kappa shape index (κ2) is 12.9. The Morgan fingerprint density at radius 2 is 1.96 bits per heavy atom. The van der Waals surface area contributed by atoms with Crippen LogP contribution >= 0.6 is 0 Å². The van der Waals surface area contributed by atoms with Crippen molar-refractivity contribution < 1.29 is 27.4 Å². The van der Waals surface area contributed by atoms with E-state index in [-0.39, 0.29) is 64.1 Å². The fourth-order valence-electron chi connectivity index (χ4n) is 8.39. The normalized spacial score (nSPS) is 25.1. The lowest BCUT2D eigenvalue weighted by Crippen LogP contribution is -2.51. The van der Waals surface area contributed by atoms with Crippen LogP contribution in [0.25, 0.3) is 32.9 Å². The summed E-state index contributed by atoms with van der Waals surface area (Å²) in [6.07, 6.45) is 10.5. The average molecular weight is 700 g/mol. The molecule has 0 saturated carbocycles. The molecule has 51 heavy (non-hydrogen) atoms. The lowest BCUT2D eigenvalue weighted by molar-refractivity contribution is -0.136. The number of alkyl halides is 1. The molecule has 0 spiro atoms. The zero-order valence-corrected chi connectivity index (χ0v) is 28.6. The van der Waals surface area contributed by atoms with Gasteiger partial charge < -0.3 is 25.4 Å². The molecule has 2 unspecified atom stereocenters. The van der Waals surface area contributed by atoms with Crippen LogP contribution in [0.4, 0.5) is 19.0 Å². The molecule has 8 rings (SSSR count). The second-order valence-corrected chi connectivity index (χ2v) is 14.7. The van der Waals surface area contributed by atoms with Crippen LogP contribution < -0.4 is 25.4 Å². The molecule has 4 aromatic rings. The molecule has 6 heterocycles. The largest absolute Gasteiger partial charge is 0.461 e. The number of benzene rings is 2. The SMILES string of the molecule is C#Cc1c(F)ccc2cc(OC(=O)[C@@H](N)C(C)C)cc(-c3ncc4c(N5CC6CCC(C5)N6)nc(OC[C@@]56CCCN5C[C@H](F)C6)nc4c3F)c12. The van der Waals surface area contributed by atoms with E-state index >= 15 is 8.78 Å². The summed E-state index contributed by atoms with van der Waals surface area (Å²) >= 11 is 0. The zero-order chi connectivity index (χ0) is 35.6. The number of nitrogens with one attached hydrogen (secondary N) is 1. The Kier molecular flexibility index (Phi) is 8.52. The number of esters is 1. The molecule has 5 atom stereocenters. The number of terminal acetylenes is 1. The fourth-order valence-corrected chi connectivity index (χ4v) is 8.39. The highest BCUT2D eigenvalue weighted by molar-refractivity contribution is 6.03. The molecule has 266 valence electrons. The summed E-state index contributed by atoms with van der Waals surface area (Å²) in [7, 11) is 0. The number of fused-ring (bicyclic) bond motifs is 5. The van der Waals surface area contributed by atoms with E-state index in [0.29, 0.717) is 42.6 Å². The molecule has 0 aliphatic carbocycles. The van der Waals surface area contributed by atoms with Crippen molar-refractivity contribution in [3.8, 4) is 35.4 Å². The molecule has 10 nitrogen and oxygen atoms in total. The Morgan fingerprint density at radius 3 is 2.71 bits per heavy atom. The number of hydrogen-bond donors (Lipinski definition) is 2. The number of ether oxygens (including phenoxy) is 2. The maximum absolute atomic E-state index is 17.2. The highest BCUT2D eigenvalue weighted by atomic mass is 19.1. The summed E-state index contributed by atoms with van der Waals surface area (Å²) in [5.41, 5.74) is 5.40. The van der Waals surface area contributed by atoms with E-state index in [0.717, 1.165) is 32.2 Å². The summed E-state index contributed by atoms with van der Waals surface area (Å²) in [6, 6.07) is 5.24. The minimum atomic E-state index is -0.937. The minimum absolute atomic E-state index is 0.0199. The molecule has 2 bridgehead atoms. The van der Waals surface area contributed by atoms with Crippen molar-refractivity contribution in [2.45, 2.75) is 75.8 Å². The predicted octanol–water partition coefficient (Wildman–Crippen LogP) is 4.89. The first-order chi connectivity index (χ1) is 24.5. The van der Waals surface area contributed by atoms with Crippen LogP contribution in [0, 0.1) is 29.9 Å². The first kappa shape index (κ1) is 33.6. The van der Waals surface area contributed by atoms with E-state index in [4.69, 9.17) is 26.6 Å². The fraction of sp³-hybridized carbons (Fsp3) is 0.474. The number of nitrogens with zero attached hydrogens (tertiary/aromatic N) is 5. The number of rotatable bonds is 8. The van der Waals surface area contributed by atoms with Gasteiger partial charge in [-0.2, -0.15) is 9.97 Å². The Hall–Kier alpha value is -4.51. The van der Waals surface area contributed by atoms with Crippen molar-refractivity contribution >= 4 is 33.5 Å². The van der Waals surface area contributed by atoms with Crippen LogP contribution in [0.15, 0.2) is 30.5 Å². The van der Waals surface area contributed by atoms with Crippen LogP contribution in [0.2, 0.25) is 0 Å². The van der Waals surface area contributed by atoms with Gasteiger partial charge in [0.2, 0.25) is 0 Å². The standard InChI is InChI=1S/C38H40F3N7O3/c1-4-26-29(40)9-6-21-12-25(51-36(49)32(42)20(2)3)13-27(30(21)26)33-31(41)34-28(15-43-33)35(47-17-23-7-8-24(18-47)44-23)46-37(45-34)50-19-38-10-5-11-48(38)16-22(39)14-38/h1,6,9,12-13,15,20,22-24,32,44H,5,7-8,10-11,14,16-19,42H2,2-3H3/t22-,23?,24?,32+,38+/m1/s1.